The number of hydrogen-bond acceptors (Lipinski definition) is 3. The number of carbonyl (C=O) groups excluding carboxylic acids is 1. The fourth-order valence-corrected chi connectivity index (χ4v) is 6.14. The van der Waals surface area contributed by atoms with Gasteiger partial charge in [0.05, 0.1) is 32.3 Å². The third-order valence-electron chi connectivity index (χ3n) is 5.58. The molecule has 3 nitrogen and oxygen atoms in total. The number of benzene rings is 2. The van der Waals surface area contributed by atoms with Crippen LogP contribution in [0.3, 0.4) is 0 Å². The van der Waals surface area contributed by atoms with Crippen molar-refractivity contribution in [3.8, 4) is 0 Å². The lowest BCUT2D eigenvalue weighted by Gasteiger charge is -2.22. The summed E-state index contributed by atoms with van der Waals surface area (Å²) in [6.45, 7) is 1.49. The Kier molecular flexibility index (Phi) is 10.9. The molecule has 0 N–H and O–H groups in total. The molecule has 0 aliphatic carbocycles. The monoisotopic (exact) mass is 676 g/mol. The van der Waals surface area contributed by atoms with Gasteiger partial charge < -0.3 is 0 Å². The molecule has 2 aromatic carbocycles. The van der Waals surface area contributed by atoms with E-state index in [2.05, 4.69) is 0 Å². The lowest BCUT2D eigenvalue weighted by atomic mass is 9.91. The van der Waals surface area contributed by atoms with Crippen molar-refractivity contribution in [2.45, 2.75) is 44.5 Å². The lowest BCUT2D eigenvalue weighted by molar-refractivity contribution is -0.138. The van der Waals surface area contributed by atoms with Crippen LogP contribution in [0.5, 0.6) is 0 Å². The number of hydrogen-bond donors (Lipinski definition) is 0. The first-order valence-corrected chi connectivity index (χ1v) is 14.3. The quantitative estimate of drug-likeness (QED) is 0.143. The van der Waals surface area contributed by atoms with Crippen LogP contribution in [0.15, 0.2) is 36.4 Å². The minimum Gasteiger partial charge on any atom is -0.294 e. The van der Waals surface area contributed by atoms with E-state index in [1.54, 1.807) is 0 Å². The average Bonchev–Trinajstić information content (AvgIpc) is 2.76. The number of sulfone groups is 1. The number of Topliss-reactive ketones (excluding diaryl/α,β-unsaturated/α-hetero) is 1. The van der Waals surface area contributed by atoms with Crippen molar-refractivity contribution < 1.29 is 52.7 Å². The zero-order valence-electron chi connectivity index (χ0n) is 20.9. The van der Waals surface area contributed by atoms with E-state index in [1.165, 1.54) is 0 Å². The summed E-state index contributed by atoms with van der Waals surface area (Å²) in [6.07, 6.45) is -10.8. The Labute approximate surface area is 244 Å². The summed E-state index contributed by atoms with van der Waals surface area (Å²) in [5.74, 6) is -13.1. The highest BCUT2D eigenvalue weighted by molar-refractivity contribution is 7.91. The summed E-state index contributed by atoms with van der Waals surface area (Å²) in [5.41, 5.74) is -3.80. The summed E-state index contributed by atoms with van der Waals surface area (Å²) in [6, 6.07) is 3.46. The van der Waals surface area contributed by atoms with Gasteiger partial charge in [-0.1, -0.05) is 53.9 Å². The van der Waals surface area contributed by atoms with Crippen molar-refractivity contribution in [1.82, 2.24) is 0 Å². The third-order valence-corrected chi connectivity index (χ3v) is 8.62. The highest BCUT2D eigenvalue weighted by atomic mass is 35.5. The van der Waals surface area contributed by atoms with Gasteiger partial charge in [-0.15, -0.1) is 0 Å². The van der Waals surface area contributed by atoms with Gasteiger partial charge >= 0.3 is 12.4 Å². The smallest absolute Gasteiger partial charge is 0.294 e. The molecule has 0 radical (unpaired) electrons. The van der Waals surface area contributed by atoms with E-state index in [9.17, 15) is 48.3 Å². The number of rotatable bonds is 10. The molecule has 0 spiro atoms. The molecule has 2 atom stereocenters. The van der Waals surface area contributed by atoms with Gasteiger partial charge in [0.25, 0.3) is 5.92 Å². The van der Waals surface area contributed by atoms with E-state index >= 15 is 4.39 Å². The molecule has 16 heteroatoms. The van der Waals surface area contributed by atoms with Gasteiger partial charge in [-0.25, -0.2) is 21.6 Å². The molecule has 0 saturated heterocycles. The number of carbonyl (C=O) groups is 1. The van der Waals surface area contributed by atoms with Crippen LogP contribution in [0.1, 0.15) is 53.2 Å². The molecule has 0 aliphatic rings. The van der Waals surface area contributed by atoms with E-state index in [0.29, 0.717) is 25.1 Å². The molecule has 0 bridgehead atoms. The molecule has 228 valence electrons. The topological polar surface area (TPSA) is 51.2 Å². The first kappa shape index (κ1) is 35.2. The summed E-state index contributed by atoms with van der Waals surface area (Å²) < 4.78 is 146. The maximum Gasteiger partial charge on any atom is 0.417 e. The molecule has 0 aliphatic heterocycles. The second-order valence-corrected chi connectivity index (χ2v) is 12.7. The van der Waals surface area contributed by atoms with Crippen LogP contribution < -0.4 is 0 Å². The molecular formula is C25H20Cl3F9O3S. The standard InChI is InChI=1S/C25H20Cl3F9O3S/c1-12(10-41(39,40)11-24(32,33)34)5-21(38)15-4-3-13(6-17(15)25(35,36)37)20(29)9-16(23(2,30)31)14-7-18(26)22(28)19(27)8-14/h3-4,6-9,12,16H,5,10-11H2,1-2H3/b20-9-/t12-,16?/m0/s1. The fraction of sp³-hybridized carbons (Fsp3) is 0.400. The molecular weight excluding hydrogens is 658 g/mol. The average molecular weight is 678 g/mol. The number of alkyl halides is 8. The van der Waals surface area contributed by atoms with Crippen molar-refractivity contribution in [3.05, 3.63) is 73.7 Å². The second-order valence-electron chi connectivity index (χ2n) is 9.41. The van der Waals surface area contributed by atoms with E-state index in [4.69, 9.17) is 34.8 Å². The Hall–Kier alpha value is -1.96. The summed E-state index contributed by atoms with van der Waals surface area (Å²) in [7, 11) is -4.72. The zero-order valence-corrected chi connectivity index (χ0v) is 24.0. The number of allylic oxidation sites excluding steroid dienone is 1. The van der Waals surface area contributed by atoms with Crippen LogP contribution >= 0.6 is 34.8 Å². The predicted octanol–water partition coefficient (Wildman–Crippen LogP) is 9.60. The molecule has 2 rings (SSSR count). The van der Waals surface area contributed by atoms with Crippen molar-refractivity contribution in [3.63, 3.8) is 0 Å². The van der Waals surface area contributed by atoms with Crippen LogP contribution in [0.4, 0.5) is 39.5 Å². The number of ketones is 1. The first-order valence-electron chi connectivity index (χ1n) is 11.3. The van der Waals surface area contributed by atoms with Crippen LogP contribution in [-0.2, 0) is 16.0 Å². The molecule has 41 heavy (non-hydrogen) atoms. The Morgan fingerprint density at radius 3 is 1.95 bits per heavy atom. The van der Waals surface area contributed by atoms with Crippen LogP contribution in [-0.4, -0.2) is 37.8 Å². The van der Waals surface area contributed by atoms with Crippen molar-refractivity contribution >= 4 is 56.3 Å². The van der Waals surface area contributed by atoms with E-state index in [0.717, 1.165) is 19.1 Å². The Morgan fingerprint density at radius 1 is 0.951 bits per heavy atom. The van der Waals surface area contributed by atoms with E-state index in [1.807, 2.05) is 0 Å². The molecule has 0 saturated carbocycles. The highest BCUT2D eigenvalue weighted by Gasteiger charge is 2.39. The van der Waals surface area contributed by atoms with Crippen LogP contribution in [0.2, 0.25) is 15.1 Å². The predicted molar refractivity (Wildman–Crippen MR) is 138 cm³/mol. The molecule has 0 aromatic heterocycles. The largest absolute Gasteiger partial charge is 0.417 e. The third kappa shape index (κ3) is 10.1. The molecule has 0 fully saturated rings. The summed E-state index contributed by atoms with van der Waals surface area (Å²) in [4.78, 5) is 12.6. The minimum absolute atomic E-state index is 0.165. The molecule has 1 unspecified atom stereocenters. The van der Waals surface area contributed by atoms with Crippen LogP contribution in [0, 0.1) is 5.92 Å². The van der Waals surface area contributed by atoms with Gasteiger partial charge in [0.1, 0.15) is 11.6 Å². The second kappa shape index (κ2) is 12.7. The Balaban J connectivity index is 2.46. The molecule has 0 heterocycles. The highest BCUT2D eigenvalue weighted by Crippen LogP contribution is 2.42. The Morgan fingerprint density at radius 2 is 1.49 bits per heavy atom. The molecule has 0 amide bonds. The maximum atomic E-state index is 15.1. The van der Waals surface area contributed by atoms with Gasteiger partial charge in [-0.05, 0) is 35.8 Å². The summed E-state index contributed by atoms with van der Waals surface area (Å²) in [5, 5.41) is -0.637. The van der Waals surface area contributed by atoms with E-state index in [-0.39, 0.29) is 26.7 Å². The van der Waals surface area contributed by atoms with Gasteiger partial charge in [-0.2, -0.15) is 26.3 Å². The SMILES string of the molecule is C[C@@H](CC(=O)c1ccc(/C(F)=C/C(c2cc(Cl)c(Cl)c(Cl)c2)C(C)(F)F)cc1C(F)(F)F)CS(=O)(=O)CC(F)(F)F. The zero-order chi connectivity index (χ0) is 31.7. The van der Waals surface area contributed by atoms with Gasteiger partial charge in [0.15, 0.2) is 15.6 Å². The van der Waals surface area contributed by atoms with Crippen molar-refractivity contribution in [2.75, 3.05) is 11.5 Å². The van der Waals surface area contributed by atoms with Gasteiger partial charge in [-0.3, -0.25) is 4.79 Å². The van der Waals surface area contributed by atoms with Gasteiger partial charge in [0.2, 0.25) is 0 Å². The lowest BCUT2D eigenvalue weighted by Crippen LogP contribution is -2.28. The van der Waals surface area contributed by atoms with E-state index < -0.39 is 86.2 Å². The van der Waals surface area contributed by atoms with Crippen molar-refractivity contribution in [2.24, 2.45) is 5.92 Å². The summed E-state index contributed by atoms with van der Waals surface area (Å²) >= 11 is 17.5. The number of halogens is 12. The fourth-order valence-electron chi connectivity index (χ4n) is 3.93. The maximum absolute atomic E-state index is 15.1. The first-order chi connectivity index (χ1) is 18.4. The van der Waals surface area contributed by atoms with Crippen LogP contribution in [0.25, 0.3) is 5.83 Å². The Bertz CT molecular complexity index is 1410. The normalized spacial score (nSPS) is 15.1. The van der Waals surface area contributed by atoms with Crippen molar-refractivity contribution in [1.29, 1.82) is 0 Å². The molecule has 2 aromatic rings. The minimum atomic E-state index is -5.25. The van der Waals surface area contributed by atoms with Gasteiger partial charge in [0, 0.05) is 24.5 Å².